The van der Waals surface area contributed by atoms with Crippen LogP contribution < -0.4 is 15.4 Å². The van der Waals surface area contributed by atoms with Crippen LogP contribution >= 0.6 is 11.8 Å². The first kappa shape index (κ1) is 24.8. The van der Waals surface area contributed by atoms with Crippen LogP contribution in [0.1, 0.15) is 26.3 Å². The monoisotopic (exact) mass is 452 g/mol. The highest BCUT2D eigenvalue weighted by molar-refractivity contribution is 7.99. The van der Waals surface area contributed by atoms with Gasteiger partial charge >= 0.3 is 6.03 Å². The third kappa shape index (κ3) is 6.78. The number of ether oxygens (including phenoxy) is 1. The number of aromatic nitrogens is 2. The summed E-state index contributed by atoms with van der Waals surface area (Å²) in [6.07, 6.45) is 5.17. The molecule has 0 aliphatic heterocycles. The zero-order valence-corrected chi connectivity index (χ0v) is 19.6. The molecule has 0 radical (unpaired) electrons. The second kappa shape index (κ2) is 12.4. The summed E-state index contributed by atoms with van der Waals surface area (Å²) in [5.41, 5.74) is 4.65. The van der Waals surface area contributed by atoms with E-state index in [0.717, 1.165) is 21.6 Å². The summed E-state index contributed by atoms with van der Waals surface area (Å²) in [6, 6.07) is 5.46. The minimum Gasteiger partial charge on any atom is -0.481 e. The average Bonchev–Trinajstić information content (AvgIpc) is 2.79. The molecule has 2 N–H and O–H groups in total. The van der Waals surface area contributed by atoms with Crippen LogP contribution in [0, 0.1) is 0 Å². The molecule has 0 aliphatic rings. The normalized spacial score (nSPS) is 11.3. The molecule has 9 heteroatoms. The minimum atomic E-state index is -0.234. The van der Waals surface area contributed by atoms with E-state index >= 15 is 0 Å². The predicted molar refractivity (Wildman–Crippen MR) is 133 cm³/mol. The molecule has 0 saturated carbocycles. The molecular weight excluding hydrogens is 424 g/mol. The van der Waals surface area contributed by atoms with Gasteiger partial charge in [-0.05, 0) is 50.8 Å². The number of carbonyl (C=O) groups excluding carboxylic acids is 1. The first-order chi connectivity index (χ1) is 15.4. The Balaban J connectivity index is 2.58. The Morgan fingerprint density at radius 2 is 2.06 bits per heavy atom. The van der Waals surface area contributed by atoms with E-state index in [4.69, 9.17) is 4.74 Å². The van der Waals surface area contributed by atoms with Crippen molar-refractivity contribution in [3.63, 3.8) is 0 Å². The first-order valence-corrected chi connectivity index (χ1v) is 10.9. The lowest BCUT2D eigenvalue weighted by Crippen LogP contribution is -2.34. The van der Waals surface area contributed by atoms with Crippen molar-refractivity contribution in [2.24, 2.45) is 9.98 Å². The Hall–Kier alpha value is -3.46. The molecule has 0 unspecified atom stereocenters. The van der Waals surface area contributed by atoms with Crippen molar-refractivity contribution in [2.45, 2.75) is 25.7 Å². The number of thioether (sulfide) groups is 1. The fraction of sp³-hybridized carbons (Fsp3) is 0.261. The standard InChI is InChI=1S/C23H28N6O2S/c1-7-16(12-26-15(3)4)17-9-18(19-11-21(31-6)28-13-27-19)22(20(10-17)24-5)32-14-29-23(30)25-8-2/h7,9-13H,3,5,8,14H2,1-2,4,6H3,(H2,25,29,30)/b16-7+,26-12?. The van der Waals surface area contributed by atoms with Crippen molar-refractivity contribution in [1.82, 2.24) is 20.6 Å². The fourth-order valence-electron chi connectivity index (χ4n) is 2.73. The smallest absolute Gasteiger partial charge is 0.315 e. The number of hydrogen-bond acceptors (Lipinski definition) is 7. The maximum absolute atomic E-state index is 11.8. The number of allylic oxidation sites excluding steroid dienone is 3. The molecule has 0 fully saturated rings. The Bertz CT molecular complexity index is 1050. The van der Waals surface area contributed by atoms with E-state index in [2.05, 4.69) is 43.9 Å². The zero-order valence-electron chi connectivity index (χ0n) is 18.8. The van der Waals surface area contributed by atoms with Gasteiger partial charge in [0.1, 0.15) is 6.33 Å². The number of nitrogens with zero attached hydrogens (tertiary/aromatic N) is 4. The van der Waals surface area contributed by atoms with Gasteiger partial charge in [0, 0.05) is 35.0 Å². The summed E-state index contributed by atoms with van der Waals surface area (Å²) in [6.45, 7) is 13.8. The summed E-state index contributed by atoms with van der Waals surface area (Å²) >= 11 is 1.43. The van der Waals surface area contributed by atoms with Crippen molar-refractivity contribution in [3.05, 3.63) is 48.4 Å². The SMILES string of the molecule is C=Nc1cc(/C(C=NC(=C)C)=C/C)cc(-c2cc(OC)ncn2)c1SCNC(=O)NCC. The summed E-state index contributed by atoms with van der Waals surface area (Å²) in [5.74, 6) is 0.788. The van der Waals surface area contributed by atoms with Crippen molar-refractivity contribution in [3.8, 4) is 17.1 Å². The van der Waals surface area contributed by atoms with Crippen molar-refractivity contribution in [2.75, 3.05) is 19.5 Å². The largest absolute Gasteiger partial charge is 0.481 e. The highest BCUT2D eigenvalue weighted by Gasteiger charge is 2.16. The van der Waals surface area contributed by atoms with E-state index in [-0.39, 0.29) is 6.03 Å². The van der Waals surface area contributed by atoms with E-state index < -0.39 is 0 Å². The quantitative estimate of drug-likeness (QED) is 0.305. The van der Waals surface area contributed by atoms with Gasteiger partial charge in [0.25, 0.3) is 0 Å². The summed E-state index contributed by atoms with van der Waals surface area (Å²) in [5, 5.41) is 5.53. The van der Waals surface area contributed by atoms with Gasteiger partial charge in [0.2, 0.25) is 5.88 Å². The number of benzene rings is 1. The number of hydrogen-bond donors (Lipinski definition) is 2. The van der Waals surface area contributed by atoms with Crippen LogP contribution in [0.2, 0.25) is 0 Å². The summed E-state index contributed by atoms with van der Waals surface area (Å²) in [7, 11) is 1.55. The average molecular weight is 453 g/mol. The third-order valence-corrected chi connectivity index (χ3v) is 5.23. The van der Waals surface area contributed by atoms with Crippen LogP contribution in [-0.2, 0) is 0 Å². The molecule has 2 rings (SSSR count). The Labute approximate surface area is 193 Å². The van der Waals surface area contributed by atoms with E-state index in [9.17, 15) is 4.79 Å². The van der Waals surface area contributed by atoms with E-state index in [1.54, 1.807) is 19.4 Å². The number of rotatable bonds is 10. The number of methoxy groups -OCH3 is 1. The lowest BCUT2D eigenvalue weighted by molar-refractivity contribution is 0.243. The maximum Gasteiger partial charge on any atom is 0.315 e. The summed E-state index contributed by atoms with van der Waals surface area (Å²) < 4.78 is 5.27. The van der Waals surface area contributed by atoms with Crippen LogP contribution in [0.25, 0.3) is 16.8 Å². The molecule has 1 aromatic heterocycles. The van der Waals surface area contributed by atoms with Crippen molar-refractivity contribution < 1.29 is 9.53 Å². The van der Waals surface area contributed by atoms with Crippen molar-refractivity contribution in [1.29, 1.82) is 0 Å². The van der Waals surface area contributed by atoms with E-state index in [1.807, 2.05) is 39.0 Å². The number of aliphatic imine (C=N–C) groups is 2. The molecule has 32 heavy (non-hydrogen) atoms. The van der Waals surface area contributed by atoms with E-state index in [1.165, 1.54) is 18.1 Å². The molecule has 0 saturated heterocycles. The molecule has 0 spiro atoms. The van der Waals surface area contributed by atoms with Crippen LogP contribution in [0.4, 0.5) is 10.5 Å². The summed E-state index contributed by atoms with van der Waals surface area (Å²) in [4.78, 5) is 29.7. The maximum atomic E-state index is 11.8. The van der Waals surface area contributed by atoms with Gasteiger partial charge in [-0.3, -0.25) is 9.98 Å². The molecule has 0 bridgehead atoms. The molecule has 168 valence electrons. The van der Waals surface area contributed by atoms with Crippen LogP contribution in [0.15, 0.2) is 57.8 Å². The highest BCUT2D eigenvalue weighted by Crippen LogP contribution is 2.40. The van der Waals surface area contributed by atoms with Crippen LogP contribution in [-0.4, -0.2) is 48.5 Å². The van der Waals surface area contributed by atoms with Crippen molar-refractivity contribution >= 4 is 42.0 Å². The third-order valence-electron chi connectivity index (χ3n) is 4.22. The number of amides is 2. The fourth-order valence-corrected chi connectivity index (χ4v) is 3.67. The number of carbonyl (C=O) groups is 1. The van der Waals surface area contributed by atoms with Crippen LogP contribution in [0.5, 0.6) is 5.88 Å². The van der Waals surface area contributed by atoms with Gasteiger partial charge in [-0.2, -0.15) is 0 Å². The van der Waals surface area contributed by atoms with Gasteiger partial charge < -0.3 is 15.4 Å². The van der Waals surface area contributed by atoms with Gasteiger partial charge in [0.15, 0.2) is 0 Å². The Morgan fingerprint density at radius 3 is 2.69 bits per heavy atom. The molecule has 0 aliphatic carbocycles. The number of urea groups is 1. The van der Waals surface area contributed by atoms with E-state index in [0.29, 0.717) is 35.4 Å². The topological polar surface area (TPSA) is 101 Å². The second-order valence-corrected chi connectivity index (χ2v) is 7.52. The second-order valence-electron chi connectivity index (χ2n) is 6.54. The lowest BCUT2D eigenvalue weighted by atomic mass is 10.0. The molecule has 2 aromatic rings. The first-order valence-electron chi connectivity index (χ1n) is 9.95. The van der Waals surface area contributed by atoms with Gasteiger partial charge in [-0.15, -0.1) is 11.8 Å². The molecule has 2 amide bonds. The Kier molecular flexibility index (Phi) is 9.62. The minimum absolute atomic E-state index is 0.234. The number of nitrogens with one attached hydrogen (secondary N) is 2. The van der Waals surface area contributed by atoms with Gasteiger partial charge in [0.05, 0.1) is 24.4 Å². The van der Waals surface area contributed by atoms with Gasteiger partial charge in [-0.25, -0.2) is 14.8 Å². The molecule has 1 heterocycles. The predicted octanol–water partition coefficient (Wildman–Crippen LogP) is 4.86. The molecule has 0 atom stereocenters. The Morgan fingerprint density at radius 1 is 1.28 bits per heavy atom. The van der Waals surface area contributed by atoms with Gasteiger partial charge in [-0.1, -0.05) is 12.7 Å². The molecular formula is C23H28N6O2S. The lowest BCUT2D eigenvalue weighted by Gasteiger charge is -2.15. The highest BCUT2D eigenvalue weighted by atomic mass is 32.2. The molecule has 1 aromatic carbocycles. The molecule has 8 nitrogen and oxygen atoms in total. The van der Waals surface area contributed by atoms with Crippen LogP contribution in [0.3, 0.4) is 0 Å². The zero-order chi connectivity index (χ0) is 23.5.